The van der Waals surface area contributed by atoms with Gasteiger partial charge in [0.05, 0.1) is 5.52 Å². The lowest BCUT2D eigenvalue weighted by molar-refractivity contribution is 0.420. The molecule has 0 amide bonds. The van der Waals surface area contributed by atoms with Crippen LogP contribution in [0.25, 0.3) is 22.7 Å². The molecule has 1 nitrogen and oxygen atoms in total. The molecule has 24 heavy (non-hydrogen) atoms. The van der Waals surface area contributed by atoms with Gasteiger partial charge in [0.2, 0.25) is 0 Å². The summed E-state index contributed by atoms with van der Waals surface area (Å²) in [6.45, 7) is 4.40. The first kappa shape index (κ1) is 17.1. The van der Waals surface area contributed by atoms with Gasteiger partial charge in [0, 0.05) is 16.8 Å². The van der Waals surface area contributed by atoms with Gasteiger partial charge in [-0.3, -0.25) is 0 Å². The molecular formula is C23H31N. The van der Waals surface area contributed by atoms with Crippen molar-refractivity contribution in [3.8, 4) is 0 Å². The average Bonchev–Trinajstić information content (AvgIpc) is 2.98. The maximum absolute atomic E-state index is 2.54. The Bertz CT molecular complexity index is 711. The molecule has 1 aliphatic rings. The Morgan fingerprint density at radius 2 is 1.96 bits per heavy atom. The van der Waals surface area contributed by atoms with Crippen LogP contribution in [0.5, 0.6) is 0 Å². The van der Waals surface area contributed by atoms with E-state index in [4.69, 9.17) is 0 Å². The molecule has 1 saturated carbocycles. The summed E-state index contributed by atoms with van der Waals surface area (Å²) in [5, 5.41) is 1.35. The molecule has 1 aromatic heterocycles. The molecule has 0 aliphatic heterocycles. The fourth-order valence-electron chi connectivity index (χ4n) is 4.05. The first-order valence-electron chi connectivity index (χ1n) is 9.78. The monoisotopic (exact) mass is 321 g/mol. The molecule has 1 aliphatic carbocycles. The van der Waals surface area contributed by atoms with Crippen molar-refractivity contribution in [2.75, 3.05) is 0 Å². The summed E-state index contributed by atoms with van der Waals surface area (Å²) >= 11 is 0. The van der Waals surface area contributed by atoms with Crippen molar-refractivity contribution in [2.45, 2.75) is 65.2 Å². The standard InChI is InChI=1S/C23H31N/c1-3-5-7-16-22(19-13-8-6-9-14-19)24-21(12-4-2)18-20-15-10-11-17-23(20)24/h4,10-12,15-19H,3,5-9,13-14H2,1-2H3/b12-4+,22-16-. The van der Waals surface area contributed by atoms with E-state index in [0.29, 0.717) is 0 Å². The van der Waals surface area contributed by atoms with E-state index in [1.54, 1.807) is 5.70 Å². The van der Waals surface area contributed by atoms with Crippen LogP contribution in [-0.2, 0) is 0 Å². The summed E-state index contributed by atoms with van der Waals surface area (Å²) in [7, 11) is 0. The highest BCUT2D eigenvalue weighted by atomic mass is 15.0. The third-order valence-corrected chi connectivity index (χ3v) is 5.27. The molecule has 1 aromatic carbocycles. The highest BCUT2D eigenvalue weighted by molar-refractivity contribution is 5.87. The number of allylic oxidation sites excluding steroid dienone is 3. The zero-order chi connectivity index (χ0) is 16.8. The molecule has 0 bridgehead atoms. The van der Waals surface area contributed by atoms with Crippen LogP contribution < -0.4 is 0 Å². The van der Waals surface area contributed by atoms with Crippen molar-refractivity contribution in [3.05, 3.63) is 48.2 Å². The number of benzene rings is 1. The van der Waals surface area contributed by atoms with Crippen molar-refractivity contribution in [1.29, 1.82) is 0 Å². The van der Waals surface area contributed by atoms with Crippen LogP contribution in [0.4, 0.5) is 0 Å². The smallest absolute Gasteiger partial charge is 0.0531 e. The Labute approximate surface area is 147 Å². The number of aromatic nitrogens is 1. The minimum absolute atomic E-state index is 0.718. The van der Waals surface area contributed by atoms with E-state index in [1.807, 2.05) is 0 Å². The van der Waals surface area contributed by atoms with Crippen molar-refractivity contribution in [3.63, 3.8) is 0 Å². The van der Waals surface area contributed by atoms with Crippen molar-refractivity contribution >= 4 is 22.7 Å². The van der Waals surface area contributed by atoms with Gasteiger partial charge in [-0.15, -0.1) is 0 Å². The molecule has 1 heteroatoms. The van der Waals surface area contributed by atoms with Crippen LogP contribution >= 0.6 is 0 Å². The van der Waals surface area contributed by atoms with Crippen LogP contribution in [0.15, 0.2) is 42.5 Å². The Balaban J connectivity index is 2.10. The molecule has 1 heterocycles. The normalized spacial score (nSPS) is 17.2. The van der Waals surface area contributed by atoms with Gasteiger partial charge in [-0.25, -0.2) is 0 Å². The van der Waals surface area contributed by atoms with Crippen LogP contribution in [-0.4, -0.2) is 4.57 Å². The first-order chi connectivity index (χ1) is 11.8. The Hall–Kier alpha value is -1.76. The molecular weight excluding hydrogens is 290 g/mol. The number of unbranched alkanes of at least 4 members (excludes halogenated alkanes) is 2. The highest BCUT2D eigenvalue weighted by Crippen LogP contribution is 2.36. The van der Waals surface area contributed by atoms with E-state index in [2.05, 4.69) is 67.0 Å². The summed E-state index contributed by atoms with van der Waals surface area (Å²) in [6.07, 6.45) is 17.6. The summed E-state index contributed by atoms with van der Waals surface area (Å²) in [5.74, 6) is 0.718. The van der Waals surface area contributed by atoms with Crippen LogP contribution in [0, 0.1) is 5.92 Å². The first-order valence-corrected chi connectivity index (χ1v) is 9.78. The second-order valence-corrected chi connectivity index (χ2v) is 7.07. The maximum Gasteiger partial charge on any atom is 0.0531 e. The van der Waals surface area contributed by atoms with Gasteiger partial charge < -0.3 is 4.57 Å². The largest absolute Gasteiger partial charge is 0.314 e. The lowest BCUT2D eigenvalue weighted by atomic mass is 9.86. The third kappa shape index (κ3) is 3.66. The number of rotatable bonds is 6. The van der Waals surface area contributed by atoms with E-state index in [9.17, 15) is 0 Å². The second-order valence-electron chi connectivity index (χ2n) is 7.07. The van der Waals surface area contributed by atoms with E-state index >= 15 is 0 Å². The van der Waals surface area contributed by atoms with Crippen LogP contribution in [0.3, 0.4) is 0 Å². The van der Waals surface area contributed by atoms with Crippen LogP contribution in [0.1, 0.15) is 70.9 Å². The number of hydrogen-bond donors (Lipinski definition) is 0. The van der Waals surface area contributed by atoms with Crippen molar-refractivity contribution in [2.24, 2.45) is 5.92 Å². The maximum atomic E-state index is 2.54. The van der Waals surface area contributed by atoms with Gasteiger partial charge in [-0.05, 0) is 50.3 Å². The van der Waals surface area contributed by atoms with E-state index in [-0.39, 0.29) is 0 Å². The Kier molecular flexibility index (Phi) is 5.96. The molecule has 1 fully saturated rings. The van der Waals surface area contributed by atoms with Gasteiger partial charge >= 0.3 is 0 Å². The second kappa shape index (κ2) is 8.37. The lowest BCUT2D eigenvalue weighted by Crippen LogP contribution is -2.14. The minimum Gasteiger partial charge on any atom is -0.314 e. The van der Waals surface area contributed by atoms with Gasteiger partial charge in [-0.2, -0.15) is 0 Å². The van der Waals surface area contributed by atoms with Crippen LogP contribution in [0.2, 0.25) is 0 Å². The molecule has 128 valence electrons. The fourth-order valence-corrected chi connectivity index (χ4v) is 4.05. The van der Waals surface area contributed by atoms with Gasteiger partial charge in [0.1, 0.15) is 0 Å². The highest BCUT2D eigenvalue weighted by Gasteiger charge is 2.21. The number of nitrogens with zero attached hydrogens (tertiary/aromatic N) is 1. The van der Waals surface area contributed by atoms with Crippen molar-refractivity contribution < 1.29 is 0 Å². The molecule has 0 radical (unpaired) electrons. The summed E-state index contributed by atoms with van der Waals surface area (Å²) in [5.41, 5.74) is 4.24. The van der Waals surface area contributed by atoms with Gasteiger partial charge in [-0.1, -0.05) is 69.4 Å². The van der Waals surface area contributed by atoms with Crippen molar-refractivity contribution in [1.82, 2.24) is 4.57 Å². The van der Waals surface area contributed by atoms with Gasteiger partial charge in [0.15, 0.2) is 0 Å². The third-order valence-electron chi connectivity index (χ3n) is 5.27. The fraction of sp³-hybridized carbons (Fsp3) is 0.478. The molecule has 0 N–H and O–H groups in total. The predicted octanol–water partition coefficient (Wildman–Crippen LogP) is 7.29. The average molecular weight is 322 g/mol. The predicted molar refractivity (Wildman–Crippen MR) is 107 cm³/mol. The Morgan fingerprint density at radius 1 is 1.17 bits per heavy atom. The minimum atomic E-state index is 0.718. The molecule has 0 atom stereocenters. The van der Waals surface area contributed by atoms with Gasteiger partial charge in [0.25, 0.3) is 0 Å². The molecule has 0 saturated heterocycles. The van der Waals surface area contributed by atoms with E-state index < -0.39 is 0 Å². The molecule has 3 rings (SSSR count). The number of hydrogen-bond acceptors (Lipinski definition) is 0. The van der Waals surface area contributed by atoms with E-state index in [1.165, 1.54) is 68.0 Å². The molecule has 2 aromatic rings. The summed E-state index contributed by atoms with van der Waals surface area (Å²) in [4.78, 5) is 0. The Morgan fingerprint density at radius 3 is 2.71 bits per heavy atom. The zero-order valence-electron chi connectivity index (χ0n) is 15.3. The SMILES string of the molecule is C/C=C/c1cc2ccccc2n1/C(=C\CCCC)C1CCCCC1. The van der Waals surface area contributed by atoms with E-state index in [0.717, 1.165) is 5.92 Å². The number of para-hydroxylation sites is 1. The molecule has 0 spiro atoms. The topological polar surface area (TPSA) is 4.93 Å². The quantitative estimate of drug-likeness (QED) is 0.492. The molecule has 0 unspecified atom stereocenters. The zero-order valence-corrected chi connectivity index (χ0v) is 15.3. The summed E-state index contributed by atoms with van der Waals surface area (Å²) < 4.78 is 2.54. The lowest BCUT2D eigenvalue weighted by Gasteiger charge is -2.27. The summed E-state index contributed by atoms with van der Waals surface area (Å²) in [6, 6.07) is 11.2. The number of fused-ring (bicyclic) bond motifs is 1.